The zero-order valence-corrected chi connectivity index (χ0v) is 32.7. The number of aromatic nitrogens is 2. The van der Waals surface area contributed by atoms with Gasteiger partial charge in [-0.2, -0.15) is 4.79 Å². The predicted molar refractivity (Wildman–Crippen MR) is 193 cm³/mol. The van der Waals surface area contributed by atoms with Crippen LogP contribution in [0, 0.1) is 11.8 Å². The number of thiazole rings is 2. The molecule has 3 N–H and O–H groups in total. The molecule has 50 heavy (non-hydrogen) atoms. The van der Waals surface area contributed by atoms with Gasteiger partial charge in [-0.05, 0) is 41.5 Å². The Bertz CT molecular complexity index is 1470. The average Bonchev–Trinajstić information content (AvgIpc) is 3.64. The molecular formula is C31H48N6O10S2Si. The van der Waals surface area contributed by atoms with Crippen molar-refractivity contribution in [2.45, 2.75) is 85.2 Å². The number of ether oxygens (including phenoxy) is 3. The SMILES string of the molecule is CC(C)(C)OC(=O)C[C@@H](CNc1ncc(C=O)s1)C(=O)O.COC(=O)[C@H](CNc1ncc(C=O)s1)CC(=O)OC(C)(C)C.C[Si](C)(C)C=[N+]=[N-]. The Morgan fingerprint density at radius 3 is 1.54 bits per heavy atom. The summed E-state index contributed by atoms with van der Waals surface area (Å²) in [6.45, 7) is 16.9. The van der Waals surface area contributed by atoms with Crippen LogP contribution in [0.5, 0.6) is 0 Å². The van der Waals surface area contributed by atoms with Crippen LogP contribution >= 0.6 is 22.7 Å². The Kier molecular flexibility index (Phi) is 19.8. The first kappa shape index (κ1) is 45.7. The summed E-state index contributed by atoms with van der Waals surface area (Å²) in [7, 11) is 0.0633. The van der Waals surface area contributed by atoms with Crippen molar-refractivity contribution in [2.24, 2.45) is 11.8 Å². The molecule has 0 saturated heterocycles. The Labute approximate surface area is 301 Å². The zero-order chi connectivity index (χ0) is 38.7. The van der Waals surface area contributed by atoms with Crippen LogP contribution in [0.4, 0.5) is 10.3 Å². The number of carboxylic acids is 1. The Balaban J connectivity index is 0.000000808. The number of nitrogens with zero attached hydrogens (tertiary/aromatic N) is 4. The number of aliphatic carboxylic acids is 1. The molecule has 0 saturated carbocycles. The molecule has 0 spiro atoms. The first-order valence-corrected chi connectivity index (χ1v) is 20.5. The van der Waals surface area contributed by atoms with Crippen molar-refractivity contribution in [3.63, 3.8) is 0 Å². The third-order valence-electron chi connectivity index (χ3n) is 5.27. The van der Waals surface area contributed by atoms with Gasteiger partial charge < -0.3 is 35.5 Å². The molecular weight excluding hydrogens is 709 g/mol. The number of esters is 3. The van der Waals surface area contributed by atoms with Gasteiger partial charge in [0.1, 0.15) is 11.2 Å². The highest BCUT2D eigenvalue weighted by atomic mass is 32.1. The smallest absolute Gasteiger partial charge is 0.311 e. The molecule has 0 amide bonds. The third-order valence-corrected chi connectivity index (χ3v) is 7.92. The Morgan fingerprint density at radius 1 is 0.860 bits per heavy atom. The van der Waals surface area contributed by atoms with Crippen molar-refractivity contribution < 1.29 is 52.9 Å². The fraction of sp³-hybridized carbons (Fsp3) is 0.581. The van der Waals surface area contributed by atoms with E-state index in [-0.39, 0.29) is 25.9 Å². The summed E-state index contributed by atoms with van der Waals surface area (Å²) in [6.07, 6.45) is 3.86. The number of nitrogens with one attached hydrogen (secondary N) is 2. The van der Waals surface area contributed by atoms with Crippen LogP contribution in [-0.2, 0) is 33.4 Å². The summed E-state index contributed by atoms with van der Waals surface area (Å²) < 4.78 is 15.0. The molecule has 16 nitrogen and oxygen atoms in total. The fourth-order valence-corrected chi connectivity index (χ4v) is 4.88. The van der Waals surface area contributed by atoms with Crippen LogP contribution in [0.3, 0.4) is 0 Å². The Morgan fingerprint density at radius 2 is 1.26 bits per heavy atom. The van der Waals surface area contributed by atoms with Gasteiger partial charge in [0.15, 0.2) is 30.9 Å². The van der Waals surface area contributed by atoms with Crippen molar-refractivity contribution in [3.05, 3.63) is 27.7 Å². The second kappa shape index (κ2) is 21.7. The van der Waals surface area contributed by atoms with Gasteiger partial charge in [-0.15, -0.1) is 0 Å². The van der Waals surface area contributed by atoms with Gasteiger partial charge in [-0.1, -0.05) is 42.3 Å². The van der Waals surface area contributed by atoms with E-state index in [9.17, 15) is 28.8 Å². The molecule has 0 aliphatic rings. The van der Waals surface area contributed by atoms with Gasteiger partial charge >= 0.3 is 23.9 Å². The molecule has 0 aliphatic heterocycles. The average molecular weight is 757 g/mol. The number of carbonyl (C=O) groups is 6. The molecule has 0 fully saturated rings. The van der Waals surface area contributed by atoms with E-state index in [1.54, 1.807) is 47.4 Å². The highest BCUT2D eigenvalue weighted by Gasteiger charge is 2.27. The van der Waals surface area contributed by atoms with Crippen LogP contribution in [0.15, 0.2) is 12.4 Å². The summed E-state index contributed by atoms with van der Waals surface area (Å²) in [5.74, 6) is -2.63. The minimum atomic E-state index is -1.20. The molecule has 2 aromatic rings. The summed E-state index contributed by atoms with van der Waals surface area (Å²) >= 11 is 2.28. The lowest BCUT2D eigenvalue weighted by Crippen LogP contribution is -2.31. The lowest BCUT2D eigenvalue weighted by Gasteiger charge is -2.21. The number of carboxylic acid groups (broad SMARTS) is 1. The maximum atomic E-state index is 11.8. The van der Waals surface area contributed by atoms with Gasteiger partial charge in [-0.25, -0.2) is 9.97 Å². The van der Waals surface area contributed by atoms with Crippen molar-refractivity contribution in [1.29, 1.82) is 0 Å². The van der Waals surface area contributed by atoms with Gasteiger partial charge in [0, 0.05) is 13.1 Å². The van der Waals surface area contributed by atoms with E-state index in [0.29, 0.717) is 32.6 Å². The number of aldehydes is 2. The van der Waals surface area contributed by atoms with E-state index >= 15 is 0 Å². The minimum absolute atomic E-state index is 0.0282. The van der Waals surface area contributed by atoms with Gasteiger partial charge in [0.05, 0.1) is 53.9 Å². The number of carbonyl (C=O) groups excluding carboxylic acids is 5. The number of rotatable bonds is 15. The van der Waals surface area contributed by atoms with Crippen LogP contribution in [0.2, 0.25) is 19.6 Å². The van der Waals surface area contributed by atoms with Crippen LogP contribution in [0.1, 0.15) is 73.7 Å². The van der Waals surface area contributed by atoms with Crippen LogP contribution < -0.4 is 10.6 Å². The normalized spacial score (nSPS) is 12.1. The van der Waals surface area contributed by atoms with Crippen molar-refractivity contribution in [1.82, 2.24) is 9.97 Å². The van der Waals surface area contributed by atoms with E-state index in [1.807, 2.05) is 0 Å². The van der Waals surface area contributed by atoms with E-state index < -0.39 is 55.0 Å². The largest absolute Gasteiger partial charge is 0.481 e. The van der Waals surface area contributed by atoms with E-state index in [0.717, 1.165) is 22.7 Å². The summed E-state index contributed by atoms with van der Waals surface area (Å²) in [4.78, 5) is 79.3. The number of methoxy groups -OCH3 is 1. The summed E-state index contributed by atoms with van der Waals surface area (Å²) in [6, 6.07) is 0. The quantitative estimate of drug-likeness (QED) is 0.0419. The molecule has 278 valence electrons. The van der Waals surface area contributed by atoms with Crippen LogP contribution in [-0.4, -0.2) is 102 Å². The van der Waals surface area contributed by atoms with Gasteiger partial charge in [0.2, 0.25) is 5.84 Å². The first-order chi connectivity index (χ1) is 23.0. The lowest BCUT2D eigenvalue weighted by molar-refractivity contribution is -0.160. The molecule has 0 unspecified atom stereocenters. The van der Waals surface area contributed by atoms with Gasteiger partial charge in [-0.3, -0.25) is 28.8 Å². The molecule has 2 rings (SSSR count). The highest BCUT2D eigenvalue weighted by molar-refractivity contribution is 7.17. The van der Waals surface area contributed by atoms with Crippen molar-refractivity contribution in [2.75, 3.05) is 30.8 Å². The molecule has 2 aromatic heterocycles. The third kappa shape index (κ3) is 22.3. The topological polar surface area (TPSA) is 237 Å². The van der Waals surface area contributed by atoms with E-state index in [4.69, 9.17) is 24.8 Å². The molecule has 0 radical (unpaired) electrons. The maximum Gasteiger partial charge on any atom is 0.311 e. The molecule has 19 heteroatoms. The maximum absolute atomic E-state index is 11.8. The van der Waals surface area contributed by atoms with Crippen LogP contribution in [0.25, 0.3) is 5.53 Å². The zero-order valence-electron chi connectivity index (χ0n) is 30.1. The highest BCUT2D eigenvalue weighted by Crippen LogP contribution is 2.20. The molecule has 2 heterocycles. The second-order valence-corrected chi connectivity index (χ2v) is 20.7. The van der Waals surface area contributed by atoms with Gasteiger partial charge in [0.25, 0.3) is 0 Å². The van der Waals surface area contributed by atoms with E-state index in [2.05, 4.69) is 45.0 Å². The van der Waals surface area contributed by atoms with E-state index in [1.165, 1.54) is 19.5 Å². The number of anilines is 2. The summed E-state index contributed by atoms with van der Waals surface area (Å²) in [5.41, 5.74) is 6.74. The summed E-state index contributed by atoms with van der Waals surface area (Å²) in [5, 5.41) is 15.8. The van der Waals surface area contributed by atoms with Crippen molar-refractivity contribution in [3.8, 4) is 0 Å². The first-order valence-electron chi connectivity index (χ1n) is 15.2. The molecule has 0 aliphatic carbocycles. The van der Waals surface area contributed by atoms with Crippen molar-refractivity contribution >= 4 is 83.3 Å². The minimum Gasteiger partial charge on any atom is -0.481 e. The molecule has 0 aromatic carbocycles. The molecule has 2 atom stereocenters. The Hall–Kier alpha value is -4.32. The number of hydrogen-bond acceptors (Lipinski definition) is 15. The molecule has 0 bridgehead atoms. The monoisotopic (exact) mass is 756 g/mol. The number of hydrogen-bond donors (Lipinski definition) is 3. The lowest BCUT2D eigenvalue weighted by atomic mass is 10.1. The second-order valence-electron chi connectivity index (χ2n) is 13.6. The predicted octanol–water partition coefficient (Wildman–Crippen LogP) is 4.85. The fourth-order valence-electron chi connectivity index (χ4n) is 3.26. The standard InChI is InChI=1S/C14H20N2O5S.C13H18N2O5S.C4H10N2Si/c1-14(2,3)21-11(18)5-9(12(19)20-4)6-15-13-16-7-10(8-17)22-13;1-13(2,3)20-10(17)4-8(11(18)19)5-14-12-15-6-9(7-16)21-12;1-7(2,3)4-6-5/h7-9H,5-6H2,1-4H3,(H,15,16);6-8H,4-5H2,1-3H3,(H,14,15)(H,18,19);4H,1-3H3/t9-;8-;/m00./s1.